The lowest BCUT2D eigenvalue weighted by Gasteiger charge is -1.98. The lowest BCUT2D eigenvalue weighted by molar-refractivity contribution is 0.799. The van der Waals surface area contributed by atoms with Crippen molar-refractivity contribution in [2.24, 2.45) is 0 Å². The van der Waals surface area contributed by atoms with Crippen molar-refractivity contribution in [2.75, 3.05) is 0 Å². The number of nitrogens with zero attached hydrogens (tertiary/aromatic N) is 2. The van der Waals surface area contributed by atoms with Gasteiger partial charge in [-0.15, -0.1) is 0 Å². The Labute approximate surface area is 101 Å². The first kappa shape index (κ1) is 11.7. The van der Waals surface area contributed by atoms with Gasteiger partial charge in [0.05, 0.1) is 17.1 Å². The molecule has 1 N–H and O–H groups in total. The van der Waals surface area contributed by atoms with E-state index in [1.807, 2.05) is 0 Å². The van der Waals surface area contributed by atoms with Crippen LogP contribution in [0.25, 0.3) is 11.0 Å². The molecular formula is C14H17N3. The Hall–Kier alpha value is -1.82. The zero-order valence-electron chi connectivity index (χ0n) is 10.3. The Morgan fingerprint density at radius 2 is 2.24 bits per heavy atom. The van der Waals surface area contributed by atoms with E-state index in [1.165, 1.54) is 5.56 Å². The van der Waals surface area contributed by atoms with Crippen LogP contribution in [0.4, 0.5) is 0 Å². The van der Waals surface area contributed by atoms with Gasteiger partial charge in [-0.05, 0) is 30.5 Å². The summed E-state index contributed by atoms with van der Waals surface area (Å²) in [6, 6.07) is 8.48. The molecule has 0 saturated carbocycles. The SMILES string of the molecule is CC(C)c1nc2ccc(CCCC#N)cc2[nH]1. The number of unbranched alkanes of at least 4 members (excludes halogenated alkanes) is 1. The molecule has 1 heterocycles. The molecule has 0 spiro atoms. The molecular weight excluding hydrogens is 210 g/mol. The number of rotatable bonds is 4. The van der Waals surface area contributed by atoms with Crippen molar-refractivity contribution in [3.63, 3.8) is 0 Å². The van der Waals surface area contributed by atoms with Gasteiger partial charge in [0.15, 0.2) is 0 Å². The summed E-state index contributed by atoms with van der Waals surface area (Å²) in [6.07, 6.45) is 2.50. The van der Waals surface area contributed by atoms with Crippen LogP contribution >= 0.6 is 0 Å². The second-order valence-electron chi connectivity index (χ2n) is 4.64. The van der Waals surface area contributed by atoms with E-state index >= 15 is 0 Å². The van der Waals surface area contributed by atoms with E-state index in [1.54, 1.807) is 0 Å². The quantitative estimate of drug-likeness (QED) is 0.812. The summed E-state index contributed by atoms with van der Waals surface area (Å²) in [4.78, 5) is 7.89. The van der Waals surface area contributed by atoms with Gasteiger partial charge in [0, 0.05) is 12.3 Å². The van der Waals surface area contributed by atoms with Crippen LogP contribution < -0.4 is 0 Å². The fourth-order valence-electron chi connectivity index (χ4n) is 1.88. The zero-order valence-corrected chi connectivity index (χ0v) is 10.3. The second-order valence-corrected chi connectivity index (χ2v) is 4.64. The van der Waals surface area contributed by atoms with Crippen LogP contribution in [0, 0.1) is 11.3 Å². The molecule has 0 aliphatic carbocycles. The van der Waals surface area contributed by atoms with E-state index in [0.29, 0.717) is 12.3 Å². The molecule has 3 heteroatoms. The predicted molar refractivity (Wildman–Crippen MR) is 68.7 cm³/mol. The molecule has 0 saturated heterocycles. The lowest BCUT2D eigenvalue weighted by atomic mass is 10.1. The topological polar surface area (TPSA) is 52.5 Å². The third-order valence-electron chi connectivity index (χ3n) is 2.87. The number of nitriles is 1. The molecule has 2 aromatic rings. The van der Waals surface area contributed by atoms with E-state index in [2.05, 4.69) is 48.1 Å². The van der Waals surface area contributed by atoms with E-state index in [4.69, 9.17) is 5.26 Å². The van der Waals surface area contributed by atoms with E-state index in [0.717, 1.165) is 29.7 Å². The number of aromatic amines is 1. The first-order valence-corrected chi connectivity index (χ1v) is 6.06. The minimum absolute atomic E-state index is 0.421. The van der Waals surface area contributed by atoms with Crippen molar-refractivity contribution in [1.82, 2.24) is 9.97 Å². The van der Waals surface area contributed by atoms with E-state index < -0.39 is 0 Å². The summed E-state index contributed by atoms with van der Waals surface area (Å²) in [7, 11) is 0. The molecule has 0 aliphatic heterocycles. The average Bonchev–Trinajstić information content (AvgIpc) is 2.72. The Morgan fingerprint density at radius 3 is 2.94 bits per heavy atom. The van der Waals surface area contributed by atoms with Gasteiger partial charge in [0.25, 0.3) is 0 Å². The monoisotopic (exact) mass is 227 g/mol. The first-order valence-electron chi connectivity index (χ1n) is 6.06. The number of aryl methyl sites for hydroxylation is 1. The van der Waals surface area contributed by atoms with Gasteiger partial charge in [-0.3, -0.25) is 0 Å². The maximum Gasteiger partial charge on any atom is 0.109 e. The van der Waals surface area contributed by atoms with Gasteiger partial charge < -0.3 is 4.98 Å². The summed E-state index contributed by atoms with van der Waals surface area (Å²) in [5.74, 6) is 1.46. The smallest absolute Gasteiger partial charge is 0.109 e. The molecule has 0 bridgehead atoms. The summed E-state index contributed by atoms with van der Waals surface area (Å²) in [5, 5.41) is 8.51. The van der Waals surface area contributed by atoms with Crippen molar-refractivity contribution < 1.29 is 0 Å². The van der Waals surface area contributed by atoms with Gasteiger partial charge in [-0.2, -0.15) is 5.26 Å². The molecule has 0 radical (unpaired) electrons. The van der Waals surface area contributed by atoms with Crippen LogP contribution in [-0.4, -0.2) is 9.97 Å². The molecule has 17 heavy (non-hydrogen) atoms. The minimum Gasteiger partial charge on any atom is -0.342 e. The number of imidazole rings is 1. The van der Waals surface area contributed by atoms with Gasteiger partial charge >= 0.3 is 0 Å². The van der Waals surface area contributed by atoms with Crippen LogP contribution in [0.2, 0.25) is 0 Å². The fraction of sp³-hybridized carbons (Fsp3) is 0.429. The largest absolute Gasteiger partial charge is 0.342 e. The highest BCUT2D eigenvalue weighted by molar-refractivity contribution is 5.76. The number of hydrogen-bond acceptors (Lipinski definition) is 2. The molecule has 1 aromatic carbocycles. The van der Waals surface area contributed by atoms with Gasteiger partial charge in [-0.1, -0.05) is 19.9 Å². The van der Waals surface area contributed by atoms with E-state index in [-0.39, 0.29) is 0 Å². The third-order valence-corrected chi connectivity index (χ3v) is 2.87. The zero-order chi connectivity index (χ0) is 12.3. The summed E-state index contributed by atoms with van der Waals surface area (Å²) in [6.45, 7) is 4.26. The van der Waals surface area contributed by atoms with E-state index in [9.17, 15) is 0 Å². The molecule has 0 atom stereocenters. The molecule has 88 valence electrons. The average molecular weight is 227 g/mol. The molecule has 1 aromatic heterocycles. The van der Waals surface area contributed by atoms with Crippen LogP contribution in [0.15, 0.2) is 18.2 Å². The Bertz CT molecular complexity index is 546. The number of H-pyrrole nitrogens is 1. The van der Waals surface area contributed by atoms with Gasteiger partial charge in [0.1, 0.15) is 5.82 Å². The van der Waals surface area contributed by atoms with Crippen molar-refractivity contribution in [1.29, 1.82) is 5.26 Å². The number of hydrogen-bond donors (Lipinski definition) is 1. The normalized spacial score (nSPS) is 10.9. The Kier molecular flexibility index (Phi) is 3.43. The van der Waals surface area contributed by atoms with Gasteiger partial charge in [-0.25, -0.2) is 4.98 Å². The van der Waals surface area contributed by atoms with Crippen molar-refractivity contribution in [3.05, 3.63) is 29.6 Å². The standard InChI is InChI=1S/C14H17N3/c1-10(2)14-16-12-7-6-11(5-3-4-8-15)9-13(12)17-14/h6-7,9-10H,3-5H2,1-2H3,(H,16,17). The first-order chi connectivity index (χ1) is 8.20. The molecule has 0 amide bonds. The van der Waals surface area contributed by atoms with Crippen molar-refractivity contribution in [2.45, 2.75) is 39.0 Å². The molecule has 3 nitrogen and oxygen atoms in total. The minimum atomic E-state index is 0.421. The lowest BCUT2D eigenvalue weighted by Crippen LogP contribution is -1.88. The number of benzene rings is 1. The van der Waals surface area contributed by atoms with Gasteiger partial charge in [0.2, 0.25) is 0 Å². The highest BCUT2D eigenvalue weighted by atomic mass is 14.9. The van der Waals surface area contributed by atoms with Crippen LogP contribution in [0.5, 0.6) is 0 Å². The number of aromatic nitrogens is 2. The maximum absolute atomic E-state index is 8.51. The predicted octanol–water partition coefficient (Wildman–Crippen LogP) is 3.53. The maximum atomic E-state index is 8.51. The number of fused-ring (bicyclic) bond motifs is 1. The van der Waals surface area contributed by atoms with Crippen molar-refractivity contribution in [3.8, 4) is 6.07 Å². The summed E-state index contributed by atoms with van der Waals surface area (Å²) in [5.41, 5.74) is 3.40. The second kappa shape index (κ2) is 5.01. The fourth-order valence-corrected chi connectivity index (χ4v) is 1.88. The van der Waals surface area contributed by atoms with Crippen LogP contribution in [0.3, 0.4) is 0 Å². The third kappa shape index (κ3) is 2.65. The number of nitrogens with one attached hydrogen (secondary N) is 1. The summed E-state index contributed by atoms with van der Waals surface area (Å²) < 4.78 is 0. The van der Waals surface area contributed by atoms with Crippen LogP contribution in [-0.2, 0) is 6.42 Å². The van der Waals surface area contributed by atoms with Crippen LogP contribution in [0.1, 0.15) is 44.0 Å². The van der Waals surface area contributed by atoms with Crippen molar-refractivity contribution >= 4 is 11.0 Å². The summed E-state index contributed by atoms with van der Waals surface area (Å²) >= 11 is 0. The highest BCUT2D eigenvalue weighted by Crippen LogP contribution is 2.19. The Balaban J connectivity index is 2.22. The molecule has 2 rings (SSSR count). The molecule has 0 unspecified atom stereocenters. The molecule has 0 aliphatic rings. The molecule has 0 fully saturated rings. The highest BCUT2D eigenvalue weighted by Gasteiger charge is 2.06. The Morgan fingerprint density at radius 1 is 1.41 bits per heavy atom.